The second-order valence-corrected chi connectivity index (χ2v) is 6.74. The van der Waals surface area contributed by atoms with Gasteiger partial charge in [0.25, 0.3) is 5.89 Å². The van der Waals surface area contributed by atoms with Crippen molar-refractivity contribution in [1.82, 2.24) is 10.1 Å². The fourth-order valence-electron chi connectivity index (χ4n) is 1.36. The summed E-state index contributed by atoms with van der Waals surface area (Å²) < 4.78 is 5.32. The molecule has 1 N–H and O–H groups in total. The number of benzene rings is 1. The molecule has 0 radical (unpaired) electrons. The molecule has 0 aliphatic carbocycles. The van der Waals surface area contributed by atoms with Gasteiger partial charge in [-0.15, -0.1) is 11.8 Å². The molecule has 2 rings (SSSR count). The largest absolute Gasteiger partial charge is 0.507 e. The molecule has 0 saturated carbocycles. The van der Waals surface area contributed by atoms with Gasteiger partial charge in [-0.05, 0) is 12.1 Å². The molecular weight excluding hydrogens is 248 g/mol. The Bertz CT molecular complexity index is 532. The molecule has 0 unspecified atom stereocenters. The van der Waals surface area contributed by atoms with Gasteiger partial charge in [-0.25, -0.2) is 0 Å². The van der Waals surface area contributed by atoms with Crippen LogP contribution in [0.2, 0.25) is 0 Å². The van der Waals surface area contributed by atoms with Gasteiger partial charge in [0.1, 0.15) is 5.75 Å². The van der Waals surface area contributed by atoms with Crippen LogP contribution in [0.1, 0.15) is 26.6 Å². The van der Waals surface area contributed by atoms with Gasteiger partial charge in [-0.1, -0.05) is 38.1 Å². The van der Waals surface area contributed by atoms with Crippen molar-refractivity contribution < 1.29 is 9.63 Å². The van der Waals surface area contributed by atoms with Crippen molar-refractivity contribution in [2.75, 3.05) is 0 Å². The molecule has 0 bridgehead atoms. The van der Waals surface area contributed by atoms with Gasteiger partial charge in [0.2, 0.25) is 0 Å². The Labute approximate surface area is 110 Å². The highest BCUT2D eigenvalue weighted by molar-refractivity contribution is 7.99. The first kappa shape index (κ1) is 13.0. The second kappa shape index (κ2) is 5.02. The van der Waals surface area contributed by atoms with E-state index in [0.29, 0.717) is 23.0 Å². The Morgan fingerprint density at radius 2 is 2.00 bits per heavy atom. The minimum Gasteiger partial charge on any atom is -0.507 e. The third-order valence-electron chi connectivity index (χ3n) is 2.24. The second-order valence-electron chi connectivity index (χ2n) is 4.93. The topological polar surface area (TPSA) is 59.2 Å². The van der Waals surface area contributed by atoms with E-state index >= 15 is 0 Å². The third-order valence-corrected chi connectivity index (χ3v) is 3.51. The Morgan fingerprint density at radius 3 is 2.67 bits per heavy atom. The Kier molecular flexibility index (Phi) is 3.61. The summed E-state index contributed by atoms with van der Waals surface area (Å²) in [6.45, 7) is 6.42. The Hall–Kier alpha value is -1.49. The van der Waals surface area contributed by atoms with Crippen molar-refractivity contribution in [3.63, 3.8) is 0 Å². The number of thioether (sulfide) groups is 1. The van der Waals surface area contributed by atoms with Crippen LogP contribution in [0.15, 0.2) is 28.8 Å². The summed E-state index contributed by atoms with van der Waals surface area (Å²) in [6.07, 6.45) is 0. The van der Waals surface area contributed by atoms with Crippen molar-refractivity contribution in [3.8, 4) is 17.2 Å². The van der Waals surface area contributed by atoms with Gasteiger partial charge in [-0.3, -0.25) is 0 Å². The average molecular weight is 264 g/mol. The number of rotatable bonds is 3. The Balaban J connectivity index is 2.14. The van der Waals surface area contributed by atoms with Crippen molar-refractivity contribution in [2.45, 2.75) is 31.3 Å². The molecule has 0 aliphatic heterocycles. The zero-order chi connectivity index (χ0) is 13.2. The van der Waals surface area contributed by atoms with Crippen LogP contribution < -0.4 is 0 Å². The van der Waals surface area contributed by atoms with Gasteiger partial charge in [0, 0.05) is 4.75 Å². The lowest BCUT2D eigenvalue weighted by Gasteiger charge is -2.15. The molecular formula is C13H16N2O2S. The molecule has 0 atom stereocenters. The highest BCUT2D eigenvalue weighted by Gasteiger charge is 2.15. The van der Waals surface area contributed by atoms with Crippen LogP contribution in [0.4, 0.5) is 0 Å². The van der Waals surface area contributed by atoms with Crippen LogP contribution in [0, 0.1) is 0 Å². The maximum atomic E-state index is 9.70. The molecule has 18 heavy (non-hydrogen) atoms. The quantitative estimate of drug-likeness (QED) is 0.919. The van der Waals surface area contributed by atoms with E-state index in [9.17, 15) is 5.11 Å². The number of para-hydroxylation sites is 1. The lowest BCUT2D eigenvalue weighted by Crippen LogP contribution is -2.07. The van der Waals surface area contributed by atoms with E-state index in [4.69, 9.17) is 4.52 Å². The molecule has 1 aromatic carbocycles. The first-order valence-corrected chi connectivity index (χ1v) is 6.69. The minimum absolute atomic E-state index is 0.149. The predicted molar refractivity (Wildman–Crippen MR) is 72.4 cm³/mol. The highest BCUT2D eigenvalue weighted by Crippen LogP contribution is 2.29. The van der Waals surface area contributed by atoms with Crippen LogP contribution in [0.25, 0.3) is 11.5 Å². The lowest BCUT2D eigenvalue weighted by molar-refractivity contribution is 0.419. The summed E-state index contributed by atoms with van der Waals surface area (Å²) >= 11 is 1.75. The number of hydrogen-bond donors (Lipinski definition) is 1. The van der Waals surface area contributed by atoms with Crippen LogP contribution in [0.3, 0.4) is 0 Å². The molecule has 0 fully saturated rings. The third kappa shape index (κ3) is 3.26. The van der Waals surface area contributed by atoms with E-state index in [2.05, 4.69) is 30.9 Å². The van der Waals surface area contributed by atoms with Crippen LogP contribution in [0.5, 0.6) is 5.75 Å². The molecule has 0 saturated heterocycles. The lowest BCUT2D eigenvalue weighted by atomic mass is 10.2. The normalized spacial score (nSPS) is 11.7. The zero-order valence-electron chi connectivity index (χ0n) is 10.7. The SMILES string of the molecule is CC(C)(C)SCc1noc(-c2ccccc2O)n1. The van der Waals surface area contributed by atoms with Gasteiger partial charge in [0.15, 0.2) is 5.82 Å². The maximum Gasteiger partial charge on any atom is 0.261 e. The number of aromatic nitrogens is 2. The average Bonchev–Trinajstić information content (AvgIpc) is 2.75. The first-order valence-electron chi connectivity index (χ1n) is 5.70. The summed E-state index contributed by atoms with van der Waals surface area (Å²) in [7, 11) is 0. The molecule has 2 aromatic rings. The summed E-state index contributed by atoms with van der Waals surface area (Å²) in [4.78, 5) is 4.29. The molecule has 0 amide bonds. The van der Waals surface area contributed by atoms with E-state index in [1.807, 2.05) is 6.07 Å². The van der Waals surface area contributed by atoms with Crippen molar-refractivity contribution in [1.29, 1.82) is 0 Å². The van der Waals surface area contributed by atoms with E-state index < -0.39 is 0 Å². The monoisotopic (exact) mass is 264 g/mol. The summed E-state index contributed by atoms with van der Waals surface area (Å²) in [5.41, 5.74) is 0.567. The predicted octanol–water partition coefficient (Wildman–Crippen LogP) is 3.47. The van der Waals surface area contributed by atoms with E-state index in [1.165, 1.54) is 0 Å². The molecule has 96 valence electrons. The number of phenols is 1. The fraction of sp³-hybridized carbons (Fsp3) is 0.385. The standard InChI is InChI=1S/C13H16N2O2S/c1-13(2,3)18-8-11-14-12(17-15-11)9-6-4-5-7-10(9)16/h4-7,16H,8H2,1-3H3. The van der Waals surface area contributed by atoms with E-state index in [0.717, 1.165) is 0 Å². The van der Waals surface area contributed by atoms with Crippen molar-refractivity contribution in [3.05, 3.63) is 30.1 Å². The van der Waals surface area contributed by atoms with Crippen molar-refractivity contribution in [2.24, 2.45) is 0 Å². The fourth-order valence-corrected chi connectivity index (χ4v) is 2.04. The number of phenolic OH excluding ortho intramolecular Hbond substituents is 1. The maximum absolute atomic E-state index is 9.70. The first-order chi connectivity index (χ1) is 8.46. The molecule has 1 aromatic heterocycles. The molecule has 0 spiro atoms. The van der Waals surface area contributed by atoms with Crippen LogP contribution >= 0.6 is 11.8 Å². The van der Waals surface area contributed by atoms with Gasteiger partial charge >= 0.3 is 0 Å². The van der Waals surface area contributed by atoms with Crippen LogP contribution in [-0.4, -0.2) is 20.0 Å². The number of aromatic hydroxyl groups is 1. The van der Waals surface area contributed by atoms with Gasteiger partial charge < -0.3 is 9.63 Å². The van der Waals surface area contributed by atoms with E-state index in [1.54, 1.807) is 30.0 Å². The molecule has 0 aliphatic rings. The number of hydrogen-bond acceptors (Lipinski definition) is 5. The molecule has 5 heteroatoms. The zero-order valence-corrected chi connectivity index (χ0v) is 11.5. The highest BCUT2D eigenvalue weighted by atomic mass is 32.2. The Morgan fingerprint density at radius 1 is 1.28 bits per heavy atom. The van der Waals surface area contributed by atoms with Gasteiger partial charge in [-0.2, -0.15) is 4.98 Å². The van der Waals surface area contributed by atoms with Crippen LogP contribution in [-0.2, 0) is 5.75 Å². The smallest absolute Gasteiger partial charge is 0.261 e. The number of nitrogens with zero attached hydrogens (tertiary/aromatic N) is 2. The summed E-state index contributed by atoms with van der Waals surface area (Å²) in [5.74, 6) is 1.85. The van der Waals surface area contributed by atoms with E-state index in [-0.39, 0.29) is 10.5 Å². The minimum atomic E-state index is 0.149. The molecule has 1 heterocycles. The molecule has 4 nitrogen and oxygen atoms in total. The van der Waals surface area contributed by atoms with Crippen molar-refractivity contribution >= 4 is 11.8 Å². The summed E-state index contributed by atoms with van der Waals surface area (Å²) in [5, 5.41) is 13.6. The summed E-state index contributed by atoms with van der Waals surface area (Å²) in [6, 6.07) is 6.93. The van der Waals surface area contributed by atoms with Gasteiger partial charge in [0.05, 0.1) is 11.3 Å².